The number of amides is 8. The lowest BCUT2D eigenvalue weighted by atomic mass is 9.78. The third-order valence-electron chi connectivity index (χ3n) is 26.1. The lowest BCUT2D eigenvalue weighted by molar-refractivity contribution is -0.176. The third kappa shape index (κ3) is 28.2. The summed E-state index contributed by atoms with van der Waals surface area (Å²) in [6.45, 7) is 52.2. The van der Waals surface area contributed by atoms with Crippen LogP contribution in [0.3, 0.4) is 0 Å². The second-order valence-electron chi connectivity index (χ2n) is 39.4. The van der Waals surface area contributed by atoms with Gasteiger partial charge in [0.1, 0.15) is 6.10 Å². The number of hydrogen-bond acceptors (Lipinski definition) is 21. The van der Waals surface area contributed by atoms with Gasteiger partial charge in [0.05, 0.1) is 120 Å². The van der Waals surface area contributed by atoms with Crippen molar-refractivity contribution in [2.24, 2.45) is 59.2 Å². The van der Waals surface area contributed by atoms with Crippen molar-refractivity contribution >= 4 is 47.3 Å². The van der Waals surface area contributed by atoms with Crippen LogP contribution < -0.4 is 11.2 Å². The van der Waals surface area contributed by atoms with Gasteiger partial charge >= 0.3 is 5.76 Å². The first kappa shape index (κ1) is 99.7. The van der Waals surface area contributed by atoms with E-state index in [0.717, 1.165) is 136 Å². The highest BCUT2D eigenvalue weighted by Gasteiger charge is 2.47. The van der Waals surface area contributed by atoms with E-state index in [1.807, 2.05) is 144 Å². The zero-order valence-corrected chi connectivity index (χ0v) is 77.4. The van der Waals surface area contributed by atoms with E-state index in [-0.39, 0.29) is 107 Å². The van der Waals surface area contributed by atoms with Crippen LogP contribution in [0, 0.1) is 59.2 Å². The molecule has 30 heteroatoms. The van der Waals surface area contributed by atoms with Gasteiger partial charge in [-0.2, -0.15) is 0 Å². The van der Waals surface area contributed by atoms with Gasteiger partial charge in [0.2, 0.25) is 53.1 Å². The molecule has 17 saturated heterocycles. The van der Waals surface area contributed by atoms with Gasteiger partial charge in [-0.3, -0.25) is 53.0 Å². The summed E-state index contributed by atoms with van der Waals surface area (Å²) in [7, 11) is 4.33. The van der Waals surface area contributed by atoms with Gasteiger partial charge in [0.25, 0.3) is 0 Å². The highest BCUT2D eigenvalue weighted by atomic mass is 16.7. The van der Waals surface area contributed by atoms with Crippen molar-refractivity contribution in [1.82, 2.24) is 59.8 Å². The number of nitrogens with one attached hydrogen (secondary N) is 2. The van der Waals surface area contributed by atoms with Crippen LogP contribution in [0.2, 0.25) is 0 Å². The van der Waals surface area contributed by atoms with E-state index >= 15 is 0 Å². The lowest BCUT2D eigenvalue weighted by Gasteiger charge is -2.50. The summed E-state index contributed by atoms with van der Waals surface area (Å²) in [6, 6.07) is 3.89. The van der Waals surface area contributed by atoms with Gasteiger partial charge in [0, 0.05) is 130 Å². The summed E-state index contributed by atoms with van der Waals surface area (Å²) in [5.41, 5.74) is 2.37. The monoisotopic (exact) mass is 1700 g/mol. The summed E-state index contributed by atoms with van der Waals surface area (Å²) < 4.78 is 37.0. The Labute approximate surface area is 717 Å². The van der Waals surface area contributed by atoms with Crippen LogP contribution >= 0.6 is 0 Å². The Morgan fingerprint density at radius 1 is 0.400 bits per heavy atom. The Morgan fingerprint density at radius 2 is 0.817 bits per heavy atom. The number of hydroxylamine groups is 1. The molecule has 1 saturated carbocycles. The fourth-order valence-corrected chi connectivity index (χ4v) is 18.4. The molecule has 17 aliphatic heterocycles. The number of piperazine rings is 2. The average Bonchev–Trinajstić information content (AvgIpc) is 1.38. The van der Waals surface area contributed by atoms with E-state index in [1.165, 1.54) is 38.5 Å². The molecule has 18 heterocycles. The molecule has 0 spiro atoms. The number of morpholine rings is 5. The Bertz CT molecular complexity index is 3380. The van der Waals surface area contributed by atoms with Crippen molar-refractivity contribution in [3.63, 3.8) is 0 Å². The van der Waals surface area contributed by atoms with Gasteiger partial charge in [-0.1, -0.05) is 158 Å². The Hall–Kier alpha value is -5.70. The second-order valence-corrected chi connectivity index (χ2v) is 39.4. The summed E-state index contributed by atoms with van der Waals surface area (Å²) in [5.74, 6) is 4.92. The predicted octanol–water partition coefficient (Wildman–Crippen LogP) is 8.65. The quantitative estimate of drug-likeness (QED) is 0.165. The highest BCUT2D eigenvalue weighted by Crippen LogP contribution is 2.36. The van der Waals surface area contributed by atoms with Crippen molar-refractivity contribution in [3.8, 4) is 0 Å². The van der Waals surface area contributed by atoms with Crippen LogP contribution in [0.25, 0.3) is 0 Å². The maximum atomic E-state index is 12.0. The zero-order chi connectivity index (χ0) is 88.3. The fourth-order valence-electron chi connectivity index (χ4n) is 18.4. The number of piperidine rings is 4. The van der Waals surface area contributed by atoms with Crippen LogP contribution in [-0.4, -0.2) is 323 Å². The van der Waals surface area contributed by atoms with Gasteiger partial charge in [-0.15, -0.1) is 5.10 Å². The van der Waals surface area contributed by atoms with E-state index < -0.39 is 5.76 Å². The molecular formula is C90H158N12O18. The van der Waals surface area contributed by atoms with Crippen molar-refractivity contribution in [2.45, 2.75) is 338 Å². The molecule has 12 unspecified atom stereocenters. The summed E-state index contributed by atoms with van der Waals surface area (Å²) >= 11 is 0. The molecule has 14 bridgehead atoms. The van der Waals surface area contributed by atoms with Crippen LogP contribution in [0.4, 0.5) is 0 Å². The van der Waals surface area contributed by atoms with Gasteiger partial charge < -0.3 is 72.2 Å². The minimum absolute atomic E-state index is 0.0309. The number of carbonyl (C=O) groups excluding carboxylic acids is 8. The van der Waals surface area contributed by atoms with Gasteiger partial charge in [0.15, 0.2) is 0 Å². The van der Waals surface area contributed by atoms with Crippen molar-refractivity contribution in [2.75, 3.05) is 119 Å². The van der Waals surface area contributed by atoms with Crippen molar-refractivity contribution in [1.29, 1.82) is 0 Å². The second kappa shape index (κ2) is 47.0. The molecule has 1 aromatic heterocycles. The Kier molecular flexibility index (Phi) is 39.1. The fraction of sp³-hybridized carbons (Fsp3) is 0.889. The molecule has 18 fully saturated rings. The Morgan fingerprint density at radius 3 is 1.16 bits per heavy atom. The first-order valence-corrected chi connectivity index (χ1v) is 46.1. The van der Waals surface area contributed by atoms with E-state index in [9.17, 15) is 48.3 Å². The standard InChI is InChI=1S/C11H20N2O.C11H19NO3.C10H18N2O.3C10H17NO2.C9H15NO2.C7H13NO3.C7H14.C5H8N2O2/c1-8(2)11(14)13-7-9-4-5-10(13)6-12(9)3;1-7(2)11(14)12-8-3-10(13)4-9(12)6-15-5-8;1-7(2)10(13)12-6-8-4-9(12)5-11(8)3;1-7(2)10(12)11-5-9-4-3-8(11)6-13-9;1-7(2)10(12)11-8-3-4-9(11)6-13-5-8;1-7(2)10(12)11-5-8-3-4-9(6-11)13-8;1-6(2)9(11)10-4-8-3-7(10)5-12-8;1-5(2)7(9)8-11-6-3-10-4-6;1-6(2)7-4-3-5-7;1-3(2)4-6-7-5(8)9-4/h8-10H,4-7H2,1-3H3;7-10,13H,3-6H2,1-2H3;7-9H,4-6H2,1-3H3;3*7-9H,3-6H2,1-2H3;6-8H,3-5H2,1-2H3;5-6H,3-4H2,1-2H3,(H,8,9);6-7H,3-5H2,1-2H3;3H,1-2H3,(H,7,8)/t;;8-,9-;;;;;;;/m..0......./s1. The number of fused-ring (bicyclic) bond motifs is 16. The third-order valence-corrected chi connectivity index (χ3v) is 26.1. The number of likely N-dealkylation sites (tertiary alicyclic amines) is 4. The van der Waals surface area contributed by atoms with E-state index in [1.54, 1.807) is 0 Å². The smallest absolute Gasteiger partial charge is 0.393 e. The number of hydrogen-bond donors (Lipinski definition) is 3. The maximum absolute atomic E-state index is 12.0. The molecule has 14 atom stereocenters. The van der Waals surface area contributed by atoms with E-state index in [0.29, 0.717) is 136 Å². The Balaban J connectivity index is 0.000000167. The van der Waals surface area contributed by atoms with Gasteiger partial charge in [-0.25, -0.2) is 15.4 Å². The zero-order valence-electron chi connectivity index (χ0n) is 77.4. The predicted molar refractivity (Wildman–Crippen MR) is 457 cm³/mol. The molecule has 0 radical (unpaired) electrons. The van der Waals surface area contributed by atoms with Crippen LogP contribution in [0.15, 0.2) is 9.21 Å². The molecule has 18 aliphatic rings. The number of likely N-dealkylation sites (N-methyl/N-ethyl adjacent to an activating group) is 2. The molecule has 30 nitrogen and oxygen atoms in total. The number of aromatic amines is 1. The molecule has 19 rings (SSSR count). The number of carbonyl (C=O) groups is 8. The highest BCUT2D eigenvalue weighted by molar-refractivity contribution is 5.82. The lowest BCUT2D eigenvalue weighted by Crippen LogP contribution is -2.63. The summed E-state index contributed by atoms with van der Waals surface area (Å²) in [6.07, 6.45) is 18.4. The minimum Gasteiger partial charge on any atom is -0.393 e. The molecule has 8 amide bonds. The summed E-state index contributed by atoms with van der Waals surface area (Å²) in [4.78, 5) is 128. The average molecular weight is 1700 g/mol. The molecule has 3 N–H and O–H groups in total. The minimum atomic E-state index is -0.487. The largest absolute Gasteiger partial charge is 0.434 e. The molecule has 686 valence electrons. The number of ether oxygens (including phenoxy) is 6. The van der Waals surface area contributed by atoms with Gasteiger partial charge in [-0.05, 0) is 103 Å². The molecular weight excluding hydrogens is 1540 g/mol. The van der Waals surface area contributed by atoms with Crippen molar-refractivity contribution in [3.05, 3.63) is 16.4 Å². The molecule has 120 heavy (non-hydrogen) atoms. The van der Waals surface area contributed by atoms with Crippen LogP contribution in [0.5, 0.6) is 0 Å². The number of nitrogens with zero attached hydrogens (tertiary/aromatic N) is 10. The number of aromatic nitrogens is 2. The van der Waals surface area contributed by atoms with E-state index in [2.05, 4.69) is 72.5 Å². The number of aliphatic hydroxyl groups excluding tert-OH is 1. The first-order chi connectivity index (χ1) is 56.7. The maximum Gasteiger partial charge on any atom is 0.434 e. The SMILES string of the molecule is CC(C)C(=O)N1C2CCC1COC2.CC(C)C(=O)N1C2COCC1CC(O)C2.CC(C)C(=O)N1CC2CC1CO2.CC(C)C(=O)N1CC2CCC(C1)O2.CC(C)C(=O)N1CC2CCC1CN2C.CC(C)C(=O)N1CC2CCC1CO2.CC(C)C(=O)N1C[C@@H]2C[C@H]1CN2C.CC(C)C(=O)NOC1COC1.CC(C)C1CCC1.CC(C)c1n[nH]c(=O)o1. The van der Waals surface area contributed by atoms with Crippen LogP contribution in [0.1, 0.15) is 247 Å². The first-order valence-electron chi connectivity index (χ1n) is 46.1. The summed E-state index contributed by atoms with van der Waals surface area (Å²) in [5, 5.41) is 15.4. The number of aliphatic hydroxyl groups is 1. The van der Waals surface area contributed by atoms with E-state index in [4.69, 9.17) is 33.3 Å². The normalized spacial score (nSPS) is 29.6. The topological polar surface area (TPSA) is 321 Å². The molecule has 1 aliphatic carbocycles. The number of H-pyrrole nitrogens is 1. The molecule has 1 aromatic rings. The molecule has 0 aromatic carbocycles. The van der Waals surface area contributed by atoms with Crippen LogP contribution in [-0.2, 0) is 71.6 Å². The van der Waals surface area contributed by atoms with Crippen molar-refractivity contribution < 1.29 is 81.1 Å². The number of rotatable bonds is 12.